The minimum absolute atomic E-state index is 0.203. The Kier molecular flexibility index (Phi) is 2.73. The van der Waals surface area contributed by atoms with Crippen molar-refractivity contribution in [2.75, 3.05) is 6.54 Å². The molecule has 1 aromatic carbocycles. The second-order valence-electron chi connectivity index (χ2n) is 2.98. The Balaban J connectivity index is 2.96. The zero-order chi connectivity index (χ0) is 9.19. The van der Waals surface area contributed by atoms with Gasteiger partial charge in [-0.05, 0) is 24.6 Å². The average molecular weight is 186 g/mol. The molecular formula is C9H12ClNO. The smallest absolute Gasteiger partial charge is 0.0990 e. The lowest BCUT2D eigenvalue weighted by Gasteiger charge is -2.21. The van der Waals surface area contributed by atoms with Crippen LogP contribution >= 0.6 is 11.6 Å². The molecule has 0 aliphatic heterocycles. The molecule has 0 aromatic heterocycles. The van der Waals surface area contributed by atoms with Crippen LogP contribution in [0.5, 0.6) is 0 Å². The number of benzene rings is 1. The number of aliphatic hydroxyl groups is 1. The second-order valence-corrected chi connectivity index (χ2v) is 3.42. The van der Waals surface area contributed by atoms with Crippen LogP contribution in [0.1, 0.15) is 12.5 Å². The lowest BCUT2D eigenvalue weighted by atomic mass is 9.97. The van der Waals surface area contributed by atoms with E-state index in [1.165, 1.54) is 0 Å². The van der Waals surface area contributed by atoms with Gasteiger partial charge >= 0.3 is 0 Å². The van der Waals surface area contributed by atoms with Crippen LogP contribution in [0.25, 0.3) is 0 Å². The highest BCUT2D eigenvalue weighted by atomic mass is 35.5. The van der Waals surface area contributed by atoms with Gasteiger partial charge in [-0.15, -0.1) is 0 Å². The van der Waals surface area contributed by atoms with E-state index in [0.717, 1.165) is 5.56 Å². The van der Waals surface area contributed by atoms with Gasteiger partial charge < -0.3 is 10.8 Å². The zero-order valence-electron chi connectivity index (χ0n) is 6.92. The standard InChI is InChI=1S/C9H12ClNO/c1-9(12,6-11)7-2-4-8(10)5-3-7/h2-5,12H,6,11H2,1H3/t9-/m1/s1. The second kappa shape index (κ2) is 3.44. The normalized spacial score (nSPS) is 15.7. The molecule has 3 N–H and O–H groups in total. The fourth-order valence-corrected chi connectivity index (χ4v) is 1.05. The molecule has 0 heterocycles. The summed E-state index contributed by atoms with van der Waals surface area (Å²) in [7, 11) is 0. The van der Waals surface area contributed by atoms with Crippen LogP contribution in [-0.2, 0) is 5.60 Å². The molecule has 1 atom stereocenters. The average Bonchev–Trinajstić information content (AvgIpc) is 2.05. The Morgan fingerprint density at radius 1 is 1.42 bits per heavy atom. The zero-order valence-corrected chi connectivity index (χ0v) is 7.67. The molecule has 0 aliphatic rings. The molecule has 0 saturated carbocycles. The maximum atomic E-state index is 9.72. The molecule has 0 radical (unpaired) electrons. The van der Waals surface area contributed by atoms with Crippen molar-refractivity contribution in [3.8, 4) is 0 Å². The SMILES string of the molecule is C[C@@](O)(CN)c1ccc(Cl)cc1. The monoisotopic (exact) mass is 185 g/mol. The first-order valence-electron chi connectivity index (χ1n) is 3.75. The van der Waals surface area contributed by atoms with Crippen molar-refractivity contribution in [2.24, 2.45) is 5.73 Å². The van der Waals surface area contributed by atoms with E-state index in [2.05, 4.69) is 0 Å². The molecule has 0 bridgehead atoms. The first-order chi connectivity index (χ1) is 5.56. The molecule has 1 aromatic rings. The highest BCUT2D eigenvalue weighted by Gasteiger charge is 2.19. The molecule has 0 fully saturated rings. The number of hydrogen-bond acceptors (Lipinski definition) is 2. The van der Waals surface area contributed by atoms with Crippen LogP contribution in [0.3, 0.4) is 0 Å². The fraction of sp³-hybridized carbons (Fsp3) is 0.333. The highest BCUT2D eigenvalue weighted by molar-refractivity contribution is 6.30. The van der Waals surface area contributed by atoms with Crippen LogP contribution in [0.4, 0.5) is 0 Å². The lowest BCUT2D eigenvalue weighted by molar-refractivity contribution is 0.0668. The summed E-state index contributed by atoms with van der Waals surface area (Å²) < 4.78 is 0. The van der Waals surface area contributed by atoms with Gasteiger partial charge in [0.05, 0.1) is 5.60 Å². The molecule has 0 saturated heterocycles. The molecular weight excluding hydrogens is 174 g/mol. The van der Waals surface area contributed by atoms with E-state index in [1.54, 1.807) is 31.2 Å². The maximum absolute atomic E-state index is 9.72. The summed E-state index contributed by atoms with van der Waals surface area (Å²) in [6.07, 6.45) is 0. The summed E-state index contributed by atoms with van der Waals surface area (Å²) >= 11 is 5.69. The molecule has 2 nitrogen and oxygen atoms in total. The third-order valence-corrected chi connectivity index (χ3v) is 2.12. The van der Waals surface area contributed by atoms with Gasteiger partial charge in [-0.1, -0.05) is 23.7 Å². The predicted octanol–water partition coefficient (Wildman–Crippen LogP) is 1.51. The van der Waals surface area contributed by atoms with E-state index in [1.807, 2.05) is 0 Å². The molecule has 3 heteroatoms. The molecule has 0 unspecified atom stereocenters. The molecule has 0 spiro atoms. The van der Waals surface area contributed by atoms with E-state index in [4.69, 9.17) is 17.3 Å². The number of rotatable bonds is 2. The van der Waals surface area contributed by atoms with Crippen molar-refractivity contribution in [1.29, 1.82) is 0 Å². The number of nitrogens with two attached hydrogens (primary N) is 1. The number of hydrogen-bond donors (Lipinski definition) is 2. The van der Waals surface area contributed by atoms with Gasteiger partial charge in [-0.2, -0.15) is 0 Å². The highest BCUT2D eigenvalue weighted by Crippen LogP contribution is 2.20. The van der Waals surface area contributed by atoms with Crippen molar-refractivity contribution in [3.05, 3.63) is 34.9 Å². The van der Waals surface area contributed by atoms with Gasteiger partial charge in [-0.25, -0.2) is 0 Å². The van der Waals surface area contributed by atoms with Gasteiger partial charge in [0.2, 0.25) is 0 Å². The fourth-order valence-electron chi connectivity index (χ4n) is 0.927. The third-order valence-electron chi connectivity index (χ3n) is 1.86. The quantitative estimate of drug-likeness (QED) is 0.734. The lowest BCUT2D eigenvalue weighted by Crippen LogP contribution is -2.31. The van der Waals surface area contributed by atoms with Crippen LogP contribution in [0, 0.1) is 0 Å². The molecule has 0 aliphatic carbocycles. The van der Waals surface area contributed by atoms with E-state index in [-0.39, 0.29) is 6.54 Å². The Bertz CT molecular complexity index is 256. The Morgan fingerprint density at radius 3 is 2.33 bits per heavy atom. The minimum Gasteiger partial charge on any atom is -0.384 e. The van der Waals surface area contributed by atoms with Crippen LogP contribution in [-0.4, -0.2) is 11.7 Å². The number of halogens is 1. The molecule has 1 rings (SSSR count). The summed E-state index contributed by atoms with van der Waals surface area (Å²) in [4.78, 5) is 0. The summed E-state index contributed by atoms with van der Waals surface area (Å²) in [6, 6.07) is 7.02. The van der Waals surface area contributed by atoms with Crippen molar-refractivity contribution in [3.63, 3.8) is 0 Å². The molecule has 66 valence electrons. The van der Waals surface area contributed by atoms with Gasteiger partial charge in [0, 0.05) is 11.6 Å². The van der Waals surface area contributed by atoms with Gasteiger partial charge in [0.1, 0.15) is 0 Å². The van der Waals surface area contributed by atoms with E-state index < -0.39 is 5.60 Å². The summed E-state index contributed by atoms with van der Waals surface area (Å²) in [6.45, 7) is 1.88. The summed E-state index contributed by atoms with van der Waals surface area (Å²) in [5.74, 6) is 0. The first kappa shape index (κ1) is 9.52. The largest absolute Gasteiger partial charge is 0.384 e. The Labute approximate surface area is 77.0 Å². The third kappa shape index (κ3) is 1.97. The summed E-state index contributed by atoms with van der Waals surface area (Å²) in [5.41, 5.74) is 5.23. The van der Waals surface area contributed by atoms with Crippen molar-refractivity contribution in [2.45, 2.75) is 12.5 Å². The summed E-state index contributed by atoms with van der Waals surface area (Å²) in [5, 5.41) is 10.4. The van der Waals surface area contributed by atoms with E-state index >= 15 is 0 Å². The van der Waals surface area contributed by atoms with Crippen molar-refractivity contribution in [1.82, 2.24) is 0 Å². The predicted molar refractivity (Wildman–Crippen MR) is 50.1 cm³/mol. The van der Waals surface area contributed by atoms with Gasteiger partial charge in [-0.3, -0.25) is 0 Å². The Morgan fingerprint density at radius 2 is 1.92 bits per heavy atom. The minimum atomic E-state index is -0.954. The van der Waals surface area contributed by atoms with Gasteiger partial charge in [0.25, 0.3) is 0 Å². The first-order valence-corrected chi connectivity index (χ1v) is 4.12. The van der Waals surface area contributed by atoms with Gasteiger partial charge in [0.15, 0.2) is 0 Å². The molecule has 0 amide bonds. The van der Waals surface area contributed by atoms with Crippen molar-refractivity contribution < 1.29 is 5.11 Å². The van der Waals surface area contributed by atoms with Crippen LogP contribution in [0.2, 0.25) is 5.02 Å². The van der Waals surface area contributed by atoms with Crippen LogP contribution < -0.4 is 5.73 Å². The topological polar surface area (TPSA) is 46.2 Å². The Hall–Kier alpha value is -0.570. The maximum Gasteiger partial charge on any atom is 0.0990 e. The van der Waals surface area contributed by atoms with E-state index in [0.29, 0.717) is 5.02 Å². The van der Waals surface area contributed by atoms with E-state index in [9.17, 15) is 5.11 Å². The van der Waals surface area contributed by atoms with Crippen molar-refractivity contribution >= 4 is 11.6 Å². The molecule has 12 heavy (non-hydrogen) atoms. The van der Waals surface area contributed by atoms with Crippen LogP contribution in [0.15, 0.2) is 24.3 Å².